The van der Waals surface area contributed by atoms with Gasteiger partial charge in [0.2, 0.25) is 6.79 Å². The van der Waals surface area contributed by atoms with Crippen molar-refractivity contribution in [2.75, 3.05) is 6.79 Å². The third-order valence-corrected chi connectivity index (χ3v) is 4.16. The van der Waals surface area contributed by atoms with Crippen LogP contribution in [0.3, 0.4) is 0 Å². The molecule has 4 aromatic rings. The Morgan fingerprint density at radius 1 is 0.917 bits per heavy atom. The fraction of sp³-hybridized carbons (Fsp3) is 0.0500. The van der Waals surface area contributed by atoms with E-state index in [4.69, 9.17) is 14.5 Å². The summed E-state index contributed by atoms with van der Waals surface area (Å²) < 4.78 is 12.9. The van der Waals surface area contributed by atoms with Crippen LogP contribution in [0.4, 0.5) is 0 Å². The molecule has 3 heterocycles. The zero-order chi connectivity index (χ0) is 15.9. The van der Waals surface area contributed by atoms with Crippen LogP contribution in [0.1, 0.15) is 0 Å². The lowest BCUT2D eigenvalue weighted by Gasteiger charge is -2.01. The first-order chi connectivity index (χ1) is 11.9. The topological polar surface area (TPSA) is 35.8 Å². The van der Waals surface area contributed by atoms with Gasteiger partial charge >= 0.3 is 0 Å². The summed E-state index contributed by atoms with van der Waals surface area (Å²) in [4.78, 5) is 4.70. The second-order valence-corrected chi connectivity index (χ2v) is 5.67. The molecule has 0 saturated heterocycles. The molecule has 2 aromatic carbocycles. The Labute approximate surface area is 138 Å². The number of aromatic nitrogens is 2. The molecule has 0 saturated carbocycles. The van der Waals surface area contributed by atoms with E-state index < -0.39 is 0 Å². The fourth-order valence-electron chi connectivity index (χ4n) is 2.93. The Hall–Kier alpha value is -3.27. The number of hydrogen-bond acceptors (Lipinski definition) is 3. The highest BCUT2D eigenvalue weighted by molar-refractivity contribution is 5.69. The lowest BCUT2D eigenvalue weighted by Crippen LogP contribution is -1.92. The van der Waals surface area contributed by atoms with Gasteiger partial charge in [0.25, 0.3) is 0 Å². The number of rotatable bonds is 2. The molecule has 4 nitrogen and oxygen atoms in total. The van der Waals surface area contributed by atoms with Crippen molar-refractivity contribution < 1.29 is 9.47 Å². The van der Waals surface area contributed by atoms with E-state index in [0.29, 0.717) is 0 Å². The van der Waals surface area contributed by atoms with E-state index in [-0.39, 0.29) is 6.79 Å². The van der Waals surface area contributed by atoms with Crippen molar-refractivity contribution in [1.29, 1.82) is 0 Å². The minimum atomic E-state index is 0.279. The van der Waals surface area contributed by atoms with Gasteiger partial charge in [0.1, 0.15) is 5.65 Å². The highest BCUT2D eigenvalue weighted by Crippen LogP contribution is 2.35. The number of imidazole rings is 1. The van der Waals surface area contributed by atoms with Gasteiger partial charge in [-0.2, -0.15) is 0 Å². The summed E-state index contributed by atoms with van der Waals surface area (Å²) >= 11 is 0. The Kier molecular flexibility index (Phi) is 2.82. The highest BCUT2D eigenvalue weighted by atomic mass is 16.7. The number of fused-ring (bicyclic) bond motifs is 2. The quantitative estimate of drug-likeness (QED) is 0.556. The normalized spacial score (nSPS) is 12.7. The van der Waals surface area contributed by atoms with E-state index in [0.717, 1.165) is 39.5 Å². The van der Waals surface area contributed by atoms with Crippen LogP contribution in [0.5, 0.6) is 11.5 Å². The lowest BCUT2D eigenvalue weighted by molar-refractivity contribution is 0.174. The van der Waals surface area contributed by atoms with Crippen molar-refractivity contribution in [1.82, 2.24) is 9.38 Å². The monoisotopic (exact) mass is 313 g/mol. The van der Waals surface area contributed by atoms with Crippen molar-refractivity contribution in [3.63, 3.8) is 0 Å². The first-order valence-electron chi connectivity index (χ1n) is 7.72. The Morgan fingerprint density at radius 3 is 2.75 bits per heavy atom. The van der Waals surface area contributed by atoms with Gasteiger partial charge in [0, 0.05) is 18.0 Å². The van der Waals surface area contributed by atoms with E-state index >= 15 is 0 Å². The molecule has 0 aliphatic carbocycles. The summed E-state index contributed by atoms with van der Waals surface area (Å²) in [6, 6.07) is 21.1. The van der Waals surface area contributed by atoms with Gasteiger partial charge in [-0.15, -0.1) is 0 Å². The largest absolute Gasteiger partial charge is 0.454 e. The molecular weight excluding hydrogens is 300 g/mol. The van der Waals surface area contributed by atoms with Crippen molar-refractivity contribution >= 4 is 5.65 Å². The van der Waals surface area contributed by atoms with Crippen LogP contribution in [0, 0.1) is 6.07 Å². The first-order valence-corrected chi connectivity index (χ1v) is 7.72. The van der Waals surface area contributed by atoms with Crippen LogP contribution in [0.2, 0.25) is 0 Å². The smallest absolute Gasteiger partial charge is 0.231 e. The third-order valence-electron chi connectivity index (χ3n) is 4.16. The van der Waals surface area contributed by atoms with E-state index in [1.807, 2.05) is 53.1 Å². The van der Waals surface area contributed by atoms with Crippen LogP contribution in [-0.2, 0) is 0 Å². The average Bonchev–Trinajstić information content (AvgIpc) is 3.27. The zero-order valence-electron chi connectivity index (χ0n) is 12.8. The summed E-state index contributed by atoms with van der Waals surface area (Å²) in [6.45, 7) is 0.279. The minimum absolute atomic E-state index is 0.279. The molecule has 0 atom stereocenters. The number of ether oxygens (including phenoxy) is 2. The second-order valence-electron chi connectivity index (χ2n) is 5.67. The SMILES string of the molecule is [c]1cccc(-c2ccc3nc(-c4ccc5c(c4)OCO5)cn3c2)c1. The Bertz CT molecular complexity index is 1040. The van der Waals surface area contributed by atoms with E-state index in [1.54, 1.807) is 0 Å². The van der Waals surface area contributed by atoms with Gasteiger partial charge in [-0.05, 0) is 53.6 Å². The molecule has 2 aromatic heterocycles. The molecule has 1 aliphatic rings. The molecular formula is C20H13N2O2. The van der Waals surface area contributed by atoms with Crippen molar-refractivity contribution in [2.45, 2.75) is 0 Å². The van der Waals surface area contributed by atoms with Gasteiger partial charge in [0.05, 0.1) is 5.69 Å². The molecule has 5 rings (SSSR count). The predicted octanol–water partition coefficient (Wildman–Crippen LogP) is 4.20. The molecule has 0 bridgehead atoms. The van der Waals surface area contributed by atoms with Crippen molar-refractivity contribution in [3.05, 3.63) is 73.1 Å². The van der Waals surface area contributed by atoms with Gasteiger partial charge in [-0.3, -0.25) is 0 Å². The number of benzene rings is 2. The van der Waals surface area contributed by atoms with E-state index in [2.05, 4.69) is 24.4 Å². The molecule has 0 fully saturated rings. The molecule has 0 spiro atoms. The number of nitrogens with zero attached hydrogens (tertiary/aromatic N) is 2. The van der Waals surface area contributed by atoms with Crippen LogP contribution >= 0.6 is 0 Å². The predicted molar refractivity (Wildman–Crippen MR) is 91.0 cm³/mol. The first kappa shape index (κ1) is 13.2. The molecule has 0 N–H and O–H groups in total. The summed E-state index contributed by atoms with van der Waals surface area (Å²) in [5.41, 5.74) is 5.10. The van der Waals surface area contributed by atoms with E-state index in [1.165, 1.54) is 0 Å². The Balaban J connectivity index is 1.59. The molecule has 0 amide bonds. The number of pyridine rings is 1. The molecule has 4 heteroatoms. The number of hydrogen-bond donors (Lipinski definition) is 0. The van der Waals surface area contributed by atoms with Crippen LogP contribution in [-0.4, -0.2) is 16.2 Å². The summed E-state index contributed by atoms with van der Waals surface area (Å²) in [7, 11) is 0. The average molecular weight is 313 g/mol. The van der Waals surface area contributed by atoms with Crippen LogP contribution in [0.25, 0.3) is 28.0 Å². The van der Waals surface area contributed by atoms with E-state index in [9.17, 15) is 0 Å². The summed E-state index contributed by atoms with van der Waals surface area (Å²) in [5.74, 6) is 1.55. The summed E-state index contributed by atoms with van der Waals surface area (Å²) in [6.07, 6.45) is 4.12. The standard InChI is InChI=1S/C20H13N2O2/c1-2-4-14(5-3-1)16-7-9-20-21-17(12-22(20)11-16)15-6-8-18-19(10-15)24-13-23-18/h1-2,4-12H,13H2. The Morgan fingerprint density at radius 2 is 1.83 bits per heavy atom. The molecule has 1 radical (unpaired) electrons. The van der Waals surface area contributed by atoms with Crippen LogP contribution < -0.4 is 9.47 Å². The van der Waals surface area contributed by atoms with Crippen molar-refractivity contribution in [2.24, 2.45) is 0 Å². The lowest BCUT2D eigenvalue weighted by atomic mass is 10.1. The van der Waals surface area contributed by atoms with Gasteiger partial charge in [-0.1, -0.05) is 18.2 Å². The molecule has 24 heavy (non-hydrogen) atoms. The third kappa shape index (κ3) is 2.12. The maximum absolute atomic E-state index is 5.45. The van der Waals surface area contributed by atoms with Crippen LogP contribution in [0.15, 0.2) is 67.0 Å². The molecule has 1 aliphatic heterocycles. The van der Waals surface area contributed by atoms with Gasteiger partial charge in [0.15, 0.2) is 11.5 Å². The summed E-state index contributed by atoms with van der Waals surface area (Å²) in [5, 5.41) is 0. The highest BCUT2D eigenvalue weighted by Gasteiger charge is 2.15. The minimum Gasteiger partial charge on any atom is -0.454 e. The zero-order valence-corrected chi connectivity index (χ0v) is 12.8. The fourth-order valence-corrected chi connectivity index (χ4v) is 2.93. The van der Waals surface area contributed by atoms with Crippen molar-refractivity contribution in [3.8, 4) is 33.9 Å². The second kappa shape index (κ2) is 5.13. The van der Waals surface area contributed by atoms with Gasteiger partial charge < -0.3 is 13.9 Å². The maximum atomic E-state index is 5.45. The molecule has 0 unspecified atom stereocenters. The molecule has 115 valence electrons. The van der Waals surface area contributed by atoms with Gasteiger partial charge in [-0.25, -0.2) is 4.98 Å². The maximum Gasteiger partial charge on any atom is 0.231 e.